The molecular weight excluding hydrogens is 280 g/mol. The second-order valence-corrected chi connectivity index (χ2v) is 5.57. The van der Waals surface area contributed by atoms with Crippen molar-refractivity contribution < 1.29 is 19.2 Å². The van der Waals surface area contributed by atoms with Crippen molar-refractivity contribution in [3.05, 3.63) is 23.3 Å². The van der Waals surface area contributed by atoms with Crippen LogP contribution in [-0.2, 0) is 19.2 Å². The number of hydrogen-bond donors (Lipinski definition) is 0. The first-order chi connectivity index (χ1) is 10.5. The standard InChI is InChI=1S/C18H24O4/c1-3-5-7-9-13(19)17-15(21)11-12-16(22)18(17)14(20)10-8-6-4-2/h11-12H,3-10H2,1-2H3. The number of hydrogen-bond acceptors (Lipinski definition) is 4. The number of carbonyl (C=O) groups excluding carboxylic acids is 4. The number of carbonyl (C=O) groups is 4. The van der Waals surface area contributed by atoms with Crippen LogP contribution in [-0.4, -0.2) is 23.1 Å². The van der Waals surface area contributed by atoms with Crippen LogP contribution in [0.4, 0.5) is 0 Å². The van der Waals surface area contributed by atoms with Crippen LogP contribution in [0.1, 0.15) is 65.2 Å². The molecule has 4 nitrogen and oxygen atoms in total. The average molecular weight is 304 g/mol. The van der Waals surface area contributed by atoms with Crippen molar-refractivity contribution in [1.29, 1.82) is 0 Å². The first kappa shape index (κ1) is 18.2. The zero-order chi connectivity index (χ0) is 16.5. The van der Waals surface area contributed by atoms with Gasteiger partial charge >= 0.3 is 0 Å². The number of Topliss-reactive ketones (excluding diaryl/α,β-unsaturated/α-hetero) is 2. The Balaban J connectivity index is 2.97. The topological polar surface area (TPSA) is 68.3 Å². The van der Waals surface area contributed by atoms with Gasteiger partial charge < -0.3 is 0 Å². The molecule has 1 aliphatic rings. The molecule has 0 atom stereocenters. The molecule has 0 heterocycles. The van der Waals surface area contributed by atoms with E-state index in [2.05, 4.69) is 0 Å². The molecule has 0 aromatic rings. The van der Waals surface area contributed by atoms with Crippen LogP contribution in [0.15, 0.2) is 23.3 Å². The van der Waals surface area contributed by atoms with Crippen LogP contribution < -0.4 is 0 Å². The van der Waals surface area contributed by atoms with Crippen LogP contribution in [0.25, 0.3) is 0 Å². The lowest BCUT2D eigenvalue weighted by molar-refractivity contribution is -0.124. The zero-order valence-corrected chi connectivity index (χ0v) is 13.4. The fraction of sp³-hybridized carbons (Fsp3) is 0.556. The third-order valence-electron chi connectivity index (χ3n) is 3.70. The summed E-state index contributed by atoms with van der Waals surface area (Å²) in [5.74, 6) is -1.79. The molecule has 0 aromatic carbocycles. The first-order valence-corrected chi connectivity index (χ1v) is 8.10. The molecule has 22 heavy (non-hydrogen) atoms. The fourth-order valence-corrected chi connectivity index (χ4v) is 2.44. The lowest BCUT2D eigenvalue weighted by Gasteiger charge is -2.13. The minimum atomic E-state index is -0.514. The largest absolute Gasteiger partial charge is 0.294 e. The van der Waals surface area contributed by atoms with E-state index in [9.17, 15) is 19.2 Å². The van der Waals surface area contributed by atoms with Gasteiger partial charge in [0.25, 0.3) is 0 Å². The van der Waals surface area contributed by atoms with Gasteiger partial charge in [0.15, 0.2) is 23.1 Å². The highest BCUT2D eigenvalue weighted by atomic mass is 16.2. The lowest BCUT2D eigenvalue weighted by Crippen LogP contribution is -2.25. The summed E-state index contributed by atoms with van der Waals surface area (Å²) in [7, 11) is 0. The Morgan fingerprint density at radius 1 is 0.727 bits per heavy atom. The maximum atomic E-state index is 12.3. The summed E-state index contributed by atoms with van der Waals surface area (Å²) in [5.41, 5.74) is -0.379. The van der Waals surface area contributed by atoms with E-state index in [1.165, 1.54) is 0 Å². The summed E-state index contributed by atoms with van der Waals surface area (Å²) < 4.78 is 0. The third kappa shape index (κ3) is 4.86. The Bertz CT molecular complexity index is 477. The van der Waals surface area contributed by atoms with Crippen molar-refractivity contribution in [2.45, 2.75) is 65.2 Å². The molecule has 0 fully saturated rings. The Morgan fingerprint density at radius 3 is 1.41 bits per heavy atom. The zero-order valence-electron chi connectivity index (χ0n) is 13.4. The third-order valence-corrected chi connectivity index (χ3v) is 3.70. The van der Waals surface area contributed by atoms with Crippen LogP contribution in [0.2, 0.25) is 0 Å². The molecule has 0 radical (unpaired) electrons. The summed E-state index contributed by atoms with van der Waals surface area (Å²) >= 11 is 0. The van der Waals surface area contributed by atoms with Crippen molar-refractivity contribution in [3.63, 3.8) is 0 Å². The predicted molar refractivity (Wildman–Crippen MR) is 84.5 cm³/mol. The second kappa shape index (κ2) is 9.23. The normalized spacial score (nSPS) is 14.6. The second-order valence-electron chi connectivity index (χ2n) is 5.57. The van der Waals surface area contributed by atoms with Crippen molar-refractivity contribution in [1.82, 2.24) is 0 Å². The van der Waals surface area contributed by atoms with Gasteiger partial charge in [0.1, 0.15) is 0 Å². The molecule has 0 unspecified atom stereocenters. The molecular formula is C18H24O4. The van der Waals surface area contributed by atoms with Gasteiger partial charge in [-0.1, -0.05) is 39.5 Å². The highest BCUT2D eigenvalue weighted by Gasteiger charge is 2.31. The fourth-order valence-electron chi connectivity index (χ4n) is 2.44. The number of allylic oxidation sites excluding steroid dienone is 4. The summed E-state index contributed by atoms with van der Waals surface area (Å²) in [5, 5.41) is 0. The summed E-state index contributed by atoms with van der Waals surface area (Å²) in [4.78, 5) is 48.5. The maximum Gasteiger partial charge on any atom is 0.190 e. The van der Waals surface area contributed by atoms with Gasteiger partial charge in [-0.15, -0.1) is 0 Å². The number of rotatable bonds is 10. The molecule has 4 heteroatoms. The summed E-state index contributed by atoms with van der Waals surface area (Å²) in [6, 6.07) is 0. The van der Waals surface area contributed by atoms with Crippen molar-refractivity contribution >= 4 is 23.1 Å². The van der Waals surface area contributed by atoms with Gasteiger partial charge in [-0.05, 0) is 25.0 Å². The molecule has 0 amide bonds. The van der Waals surface area contributed by atoms with Crippen molar-refractivity contribution in [2.75, 3.05) is 0 Å². The molecule has 120 valence electrons. The van der Waals surface area contributed by atoms with E-state index in [0.29, 0.717) is 12.8 Å². The molecule has 0 bridgehead atoms. The number of ketones is 4. The SMILES string of the molecule is CCCCCC(=O)C1=C(C(=O)CCCCC)C(=O)C=CC1=O. The van der Waals surface area contributed by atoms with E-state index >= 15 is 0 Å². The van der Waals surface area contributed by atoms with E-state index in [0.717, 1.165) is 37.8 Å². The van der Waals surface area contributed by atoms with Crippen LogP contribution >= 0.6 is 0 Å². The van der Waals surface area contributed by atoms with Crippen LogP contribution in [0.5, 0.6) is 0 Å². The highest BCUT2D eigenvalue weighted by molar-refractivity contribution is 6.39. The Kier molecular flexibility index (Phi) is 7.64. The average Bonchev–Trinajstić information content (AvgIpc) is 2.49. The van der Waals surface area contributed by atoms with E-state index < -0.39 is 11.6 Å². The van der Waals surface area contributed by atoms with E-state index in [1.807, 2.05) is 13.8 Å². The van der Waals surface area contributed by atoms with Gasteiger partial charge in [0.05, 0.1) is 11.1 Å². The van der Waals surface area contributed by atoms with Crippen LogP contribution in [0.3, 0.4) is 0 Å². The van der Waals surface area contributed by atoms with Gasteiger partial charge in [0.2, 0.25) is 0 Å². The smallest absolute Gasteiger partial charge is 0.190 e. The van der Waals surface area contributed by atoms with Crippen molar-refractivity contribution in [2.24, 2.45) is 0 Å². The molecule has 1 aliphatic carbocycles. The molecule has 0 saturated carbocycles. The summed E-state index contributed by atoms with van der Waals surface area (Å²) in [6.45, 7) is 4.04. The molecule has 0 saturated heterocycles. The minimum Gasteiger partial charge on any atom is -0.294 e. The molecule has 0 spiro atoms. The lowest BCUT2D eigenvalue weighted by atomic mass is 9.86. The van der Waals surface area contributed by atoms with E-state index in [4.69, 9.17) is 0 Å². The van der Waals surface area contributed by atoms with Gasteiger partial charge in [-0.25, -0.2) is 0 Å². The Labute approximate surface area is 131 Å². The van der Waals surface area contributed by atoms with Crippen LogP contribution in [0, 0.1) is 0 Å². The van der Waals surface area contributed by atoms with Gasteiger partial charge in [0, 0.05) is 12.8 Å². The minimum absolute atomic E-state index is 0.190. The van der Waals surface area contributed by atoms with Crippen molar-refractivity contribution in [3.8, 4) is 0 Å². The predicted octanol–water partition coefficient (Wildman–Crippen LogP) is 3.29. The molecule has 0 aliphatic heterocycles. The van der Waals surface area contributed by atoms with E-state index in [1.54, 1.807) is 0 Å². The Morgan fingerprint density at radius 2 is 1.09 bits per heavy atom. The molecule has 1 rings (SSSR count). The van der Waals surface area contributed by atoms with Gasteiger partial charge in [-0.2, -0.15) is 0 Å². The molecule has 0 N–H and O–H groups in total. The quantitative estimate of drug-likeness (QED) is 0.353. The number of unbranched alkanes of at least 4 members (excludes halogenated alkanes) is 4. The van der Waals surface area contributed by atoms with Gasteiger partial charge in [-0.3, -0.25) is 19.2 Å². The molecule has 0 aromatic heterocycles. The Hall–Kier alpha value is -1.84. The van der Waals surface area contributed by atoms with E-state index in [-0.39, 0.29) is 35.6 Å². The first-order valence-electron chi connectivity index (χ1n) is 8.10. The highest BCUT2D eigenvalue weighted by Crippen LogP contribution is 2.21. The summed E-state index contributed by atoms with van der Waals surface area (Å²) in [6.07, 6.45) is 7.64. The monoisotopic (exact) mass is 304 g/mol. The maximum absolute atomic E-state index is 12.3.